The lowest BCUT2D eigenvalue weighted by atomic mass is 10.5. The molecule has 4 nitrogen and oxygen atoms in total. The van der Waals surface area contributed by atoms with Crippen LogP contribution in [0, 0.1) is 0 Å². The van der Waals surface area contributed by atoms with Crippen LogP contribution in [0.25, 0.3) is 0 Å². The first-order chi connectivity index (χ1) is 3.84. The molecule has 1 aromatic rings. The molecule has 1 aromatic heterocycles. The molecule has 0 aliphatic rings. The zero-order valence-electron chi connectivity index (χ0n) is 3.87. The van der Waals surface area contributed by atoms with Gasteiger partial charge in [0.2, 0.25) is 0 Å². The molecule has 1 rings (SSSR count). The molecule has 1 N–H and O–H groups in total. The Morgan fingerprint density at radius 2 is 2.62 bits per heavy atom. The lowest BCUT2D eigenvalue weighted by molar-refractivity contribution is 0.111. The van der Waals surface area contributed by atoms with Crippen LogP contribution >= 0.6 is 0 Å². The third-order valence-corrected chi connectivity index (χ3v) is 0.687. The second kappa shape index (κ2) is 1.65. The third kappa shape index (κ3) is 0.556. The van der Waals surface area contributed by atoms with Crippen molar-refractivity contribution in [1.82, 2.24) is 4.98 Å². The first kappa shape index (κ1) is 4.83. The van der Waals surface area contributed by atoms with Gasteiger partial charge >= 0.3 is 5.95 Å². The summed E-state index contributed by atoms with van der Waals surface area (Å²) in [6.45, 7) is 0. The van der Waals surface area contributed by atoms with Crippen molar-refractivity contribution in [3.63, 3.8) is 0 Å². The van der Waals surface area contributed by atoms with E-state index in [1.165, 1.54) is 0 Å². The van der Waals surface area contributed by atoms with Crippen molar-refractivity contribution < 1.29 is 14.3 Å². The molecule has 0 saturated heterocycles. The van der Waals surface area contributed by atoms with Gasteiger partial charge in [0.15, 0.2) is 18.4 Å². The molecule has 0 radical (unpaired) electrons. The highest BCUT2D eigenvalue weighted by atomic mass is 16.5. The molecule has 4 heteroatoms. The standard InChI is InChI=1S/C4H3NO3/c6-1-3-4(7)8-2-5-3/h1-2,7H. The van der Waals surface area contributed by atoms with Gasteiger partial charge in [0, 0.05) is 0 Å². The van der Waals surface area contributed by atoms with Crippen molar-refractivity contribution in [2.45, 2.75) is 0 Å². The summed E-state index contributed by atoms with van der Waals surface area (Å²) in [5.74, 6) is -0.431. The highest BCUT2D eigenvalue weighted by molar-refractivity contribution is 5.74. The second-order valence-corrected chi connectivity index (χ2v) is 1.16. The van der Waals surface area contributed by atoms with Crippen molar-refractivity contribution in [1.29, 1.82) is 0 Å². The lowest BCUT2D eigenvalue weighted by Gasteiger charge is -1.75. The van der Waals surface area contributed by atoms with E-state index in [0.29, 0.717) is 6.29 Å². The van der Waals surface area contributed by atoms with Crippen molar-refractivity contribution in [2.75, 3.05) is 0 Å². The zero-order valence-corrected chi connectivity index (χ0v) is 3.87. The van der Waals surface area contributed by atoms with Crippen LogP contribution in [0.2, 0.25) is 0 Å². The number of hydrogen-bond donors (Lipinski definition) is 1. The van der Waals surface area contributed by atoms with Gasteiger partial charge < -0.3 is 9.52 Å². The first-order valence-electron chi connectivity index (χ1n) is 1.92. The summed E-state index contributed by atoms with van der Waals surface area (Å²) in [6, 6.07) is 0. The lowest BCUT2D eigenvalue weighted by Crippen LogP contribution is -1.75. The van der Waals surface area contributed by atoms with Gasteiger partial charge in [-0.3, -0.25) is 4.79 Å². The predicted octanol–water partition coefficient (Wildman–Crippen LogP) is 0.193. The molecule has 0 spiro atoms. The summed E-state index contributed by atoms with van der Waals surface area (Å²) in [4.78, 5) is 13.2. The first-order valence-corrected chi connectivity index (χ1v) is 1.92. The van der Waals surface area contributed by atoms with Gasteiger partial charge in [-0.2, -0.15) is 0 Å². The van der Waals surface area contributed by atoms with Gasteiger partial charge in [-0.25, -0.2) is 4.98 Å². The Balaban J connectivity index is 3.09. The molecular formula is C4H3NO3. The molecule has 0 fully saturated rings. The van der Waals surface area contributed by atoms with Crippen LogP contribution in [-0.2, 0) is 0 Å². The van der Waals surface area contributed by atoms with Crippen LogP contribution < -0.4 is 0 Å². The number of aldehydes is 1. The Labute approximate surface area is 44.8 Å². The van der Waals surface area contributed by atoms with E-state index in [1.807, 2.05) is 0 Å². The minimum absolute atomic E-state index is 0.0648. The molecule has 0 amide bonds. The largest absolute Gasteiger partial charge is 0.479 e. The fraction of sp³-hybridized carbons (Fsp3) is 0. The Kier molecular flexibility index (Phi) is 0.997. The molecule has 0 bridgehead atoms. The Hall–Kier alpha value is -1.32. The summed E-state index contributed by atoms with van der Waals surface area (Å²) < 4.78 is 4.27. The molecule has 1 heterocycles. The second-order valence-electron chi connectivity index (χ2n) is 1.16. The summed E-state index contributed by atoms with van der Waals surface area (Å²) in [6.07, 6.45) is 1.41. The molecule has 0 saturated carbocycles. The molecule has 8 heavy (non-hydrogen) atoms. The number of carbonyl (C=O) groups is 1. The zero-order chi connectivity index (χ0) is 5.98. The fourth-order valence-corrected chi connectivity index (χ4v) is 0.329. The minimum atomic E-state index is -0.431. The van der Waals surface area contributed by atoms with E-state index >= 15 is 0 Å². The summed E-state index contributed by atoms with van der Waals surface area (Å²) in [7, 11) is 0. The quantitative estimate of drug-likeness (QED) is 0.528. The molecule has 0 unspecified atom stereocenters. The van der Waals surface area contributed by atoms with Crippen molar-refractivity contribution >= 4 is 6.29 Å². The summed E-state index contributed by atoms with van der Waals surface area (Å²) in [5, 5.41) is 8.49. The number of aromatic nitrogens is 1. The van der Waals surface area contributed by atoms with Crippen molar-refractivity contribution in [2.24, 2.45) is 0 Å². The van der Waals surface area contributed by atoms with Gasteiger partial charge in [0.25, 0.3) is 0 Å². The number of carbonyl (C=O) groups excluding carboxylic acids is 1. The third-order valence-electron chi connectivity index (χ3n) is 0.687. The van der Waals surface area contributed by atoms with Gasteiger partial charge in [-0.15, -0.1) is 0 Å². The summed E-state index contributed by atoms with van der Waals surface area (Å²) >= 11 is 0. The molecule has 0 aliphatic heterocycles. The number of hydrogen-bond acceptors (Lipinski definition) is 4. The van der Waals surface area contributed by atoms with E-state index in [-0.39, 0.29) is 5.69 Å². The van der Waals surface area contributed by atoms with E-state index in [1.54, 1.807) is 0 Å². The number of oxazole rings is 1. The highest BCUT2D eigenvalue weighted by Gasteiger charge is 2.01. The van der Waals surface area contributed by atoms with E-state index in [2.05, 4.69) is 9.40 Å². The van der Waals surface area contributed by atoms with E-state index in [4.69, 9.17) is 5.11 Å². The SMILES string of the molecule is O=Cc1ncoc1O. The van der Waals surface area contributed by atoms with Gasteiger partial charge in [0.1, 0.15) is 0 Å². The van der Waals surface area contributed by atoms with Crippen LogP contribution in [0.15, 0.2) is 10.8 Å². The molecule has 0 aromatic carbocycles. The Bertz CT molecular complexity index is 193. The summed E-state index contributed by atoms with van der Waals surface area (Å²) in [5.41, 5.74) is -0.0648. The highest BCUT2D eigenvalue weighted by Crippen LogP contribution is 2.09. The van der Waals surface area contributed by atoms with Crippen LogP contribution in [0.3, 0.4) is 0 Å². The van der Waals surface area contributed by atoms with Gasteiger partial charge in [-0.05, 0) is 0 Å². The van der Waals surface area contributed by atoms with Crippen molar-refractivity contribution in [3.05, 3.63) is 12.1 Å². The molecule has 0 aliphatic carbocycles. The van der Waals surface area contributed by atoms with Crippen LogP contribution in [-0.4, -0.2) is 16.4 Å². The van der Waals surface area contributed by atoms with E-state index in [9.17, 15) is 4.79 Å². The van der Waals surface area contributed by atoms with Crippen molar-refractivity contribution in [3.8, 4) is 5.95 Å². The molecule has 0 atom stereocenters. The average molecular weight is 113 g/mol. The smallest absolute Gasteiger partial charge is 0.313 e. The van der Waals surface area contributed by atoms with E-state index < -0.39 is 5.95 Å². The fourth-order valence-electron chi connectivity index (χ4n) is 0.329. The Morgan fingerprint density at radius 3 is 2.88 bits per heavy atom. The maximum absolute atomic E-state index is 9.81. The van der Waals surface area contributed by atoms with Crippen LogP contribution in [0.1, 0.15) is 10.5 Å². The number of aromatic hydroxyl groups is 1. The van der Waals surface area contributed by atoms with Gasteiger partial charge in [-0.1, -0.05) is 0 Å². The topological polar surface area (TPSA) is 63.3 Å². The normalized spacial score (nSPS) is 9.00. The average Bonchev–Trinajstić information content (AvgIpc) is 2.14. The predicted molar refractivity (Wildman–Crippen MR) is 23.6 cm³/mol. The minimum Gasteiger partial charge on any atom is -0.479 e. The number of nitrogens with zero attached hydrogens (tertiary/aromatic N) is 1. The number of rotatable bonds is 1. The Morgan fingerprint density at radius 1 is 1.88 bits per heavy atom. The van der Waals surface area contributed by atoms with Crippen LogP contribution in [0.5, 0.6) is 5.95 Å². The monoisotopic (exact) mass is 113 g/mol. The van der Waals surface area contributed by atoms with Crippen LogP contribution in [0.4, 0.5) is 0 Å². The molecular weight excluding hydrogens is 110 g/mol. The maximum Gasteiger partial charge on any atom is 0.313 e. The van der Waals surface area contributed by atoms with Gasteiger partial charge in [0.05, 0.1) is 0 Å². The molecule has 42 valence electrons. The maximum atomic E-state index is 9.81. The van der Waals surface area contributed by atoms with E-state index in [0.717, 1.165) is 6.39 Å².